The van der Waals surface area contributed by atoms with Gasteiger partial charge in [0.2, 0.25) is 0 Å². The molecule has 1 unspecified atom stereocenters. The Morgan fingerprint density at radius 2 is 1.87 bits per heavy atom. The zero-order valence-corrected chi connectivity index (χ0v) is 11.6. The third-order valence-corrected chi connectivity index (χ3v) is 4.49. The summed E-state index contributed by atoms with van der Waals surface area (Å²) >= 11 is 17.1. The second kappa shape index (κ2) is 9.00. The minimum absolute atomic E-state index is 0.346. The summed E-state index contributed by atoms with van der Waals surface area (Å²) in [5.41, 5.74) is 0. The van der Waals surface area contributed by atoms with Gasteiger partial charge in [-0.15, -0.1) is 34.5 Å². The van der Waals surface area contributed by atoms with Gasteiger partial charge in [-0.05, 0) is 6.42 Å². The van der Waals surface area contributed by atoms with Crippen molar-refractivity contribution in [1.29, 1.82) is 0 Å². The van der Waals surface area contributed by atoms with Gasteiger partial charge in [-0.3, -0.25) is 0 Å². The predicted molar refractivity (Wildman–Crippen MR) is 68.8 cm³/mol. The van der Waals surface area contributed by atoms with Crippen LogP contribution in [0.2, 0.25) is 0 Å². The molecule has 0 radical (unpaired) electrons. The first kappa shape index (κ1) is 15.9. The van der Waals surface area contributed by atoms with Gasteiger partial charge in [-0.25, -0.2) is 0 Å². The first-order chi connectivity index (χ1) is 7.08. The fourth-order valence-corrected chi connectivity index (χ4v) is 3.39. The lowest BCUT2D eigenvalue weighted by molar-refractivity contribution is 0.257. The van der Waals surface area contributed by atoms with Crippen LogP contribution in [-0.4, -0.2) is 41.0 Å². The minimum atomic E-state index is -3.03. The number of alkyl halides is 2. The molecular formula is C8H16Cl3NO2P+. The Bertz CT molecular complexity index is 177. The Labute approximate surface area is 106 Å². The second-order valence-electron chi connectivity index (χ2n) is 2.72. The molecule has 0 amide bonds. The van der Waals surface area contributed by atoms with Crippen LogP contribution in [0.3, 0.4) is 0 Å². The van der Waals surface area contributed by atoms with E-state index >= 15 is 0 Å². The van der Waals surface area contributed by atoms with Crippen molar-refractivity contribution in [3.63, 3.8) is 0 Å². The van der Waals surface area contributed by atoms with Crippen LogP contribution in [-0.2, 0) is 4.52 Å². The van der Waals surface area contributed by atoms with E-state index in [1.807, 2.05) is 0 Å². The molecule has 0 fully saturated rings. The molecule has 0 bridgehead atoms. The summed E-state index contributed by atoms with van der Waals surface area (Å²) < 4.78 is 6.79. The molecule has 0 aromatic rings. The van der Waals surface area contributed by atoms with E-state index in [-0.39, 0.29) is 0 Å². The first-order valence-electron chi connectivity index (χ1n) is 4.52. The smallest absolute Gasteiger partial charge is 0.188 e. The summed E-state index contributed by atoms with van der Waals surface area (Å²) in [4.78, 5) is 9.89. The van der Waals surface area contributed by atoms with Gasteiger partial charge in [-0.1, -0.05) is 6.08 Å². The lowest BCUT2D eigenvalue weighted by Crippen LogP contribution is -2.27. The number of halogens is 3. The van der Waals surface area contributed by atoms with Crippen molar-refractivity contribution in [2.75, 3.05) is 31.5 Å². The van der Waals surface area contributed by atoms with Gasteiger partial charge in [0.05, 0.1) is 13.1 Å². The Kier molecular flexibility index (Phi) is 9.55. The van der Waals surface area contributed by atoms with Gasteiger partial charge in [0.25, 0.3) is 0 Å². The van der Waals surface area contributed by atoms with Crippen LogP contribution in [0.5, 0.6) is 0 Å². The molecule has 0 heterocycles. The van der Waals surface area contributed by atoms with Crippen LogP contribution in [0.1, 0.15) is 6.42 Å². The van der Waals surface area contributed by atoms with E-state index in [1.54, 1.807) is 10.7 Å². The van der Waals surface area contributed by atoms with Crippen molar-refractivity contribution in [1.82, 2.24) is 4.67 Å². The summed E-state index contributed by atoms with van der Waals surface area (Å²) in [6, 6.07) is 0. The van der Waals surface area contributed by atoms with Crippen LogP contribution in [0.4, 0.5) is 0 Å². The fraction of sp³-hybridized carbons (Fsp3) is 0.750. The van der Waals surface area contributed by atoms with Crippen LogP contribution >= 0.6 is 41.7 Å². The monoisotopic (exact) mass is 294 g/mol. The SMILES string of the molecule is C=CCCO[P+](O)(Cl)N(CCCl)CCCl. The largest absolute Gasteiger partial charge is 0.454 e. The molecule has 1 N–H and O–H groups in total. The van der Waals surface area contributed by atoms with E-state index in [0.29, 0.717) is 37.9 Å². The maximum atomic E-state index is 9.89. The molecule has 15 heavy (non-hydrogen) atoms. The van der Waals surface area contributed by atoms with Crippen LogP contribution in [0, 0.1) is 0 Å². The summed E-state index contributed by atoms with van der Waals surface area (Å²) in [6.07, 6.45) is 2.34. The van der Waals surface area contributed by atoms with E-state index in [1.165, 1.54) is 0 Å². The highest BCUT2D eigenvalue weighted by Crippen LogP contribution is 2.64. The highest BCUT2D eigenvalue weighted by atomic mass is 35.7. The fourth-order valence-electron chi connectivity index (χ4n) is 0.887. The molecular weight excluding hydrogens is 279 g/mol. The third-order valence-electron chi connectivity index (χ3n) is 1.61. The van der Waals surface area contributed by atoms with Crippen LogP contribution in [0.25, 0.3) is 0 Å². The van der Waals surface area contributed by atoms with Gasteiger partial charge < -0.3 is 0 Å². The van der Waals surface area contributed by atoms with Crippen molar-refractivity contribution < 1.29 is 9.42 Å². The molecule has 0 rings (SSSR count). The molecule has 0 aromatic heterocycles. The predicted octanol–water partition coefficient (Wildman–Crippen LogP) is 3.27. The number of nitrogens with zero attached hydrogens (tertiary/aromatic N) is 1. The molecule has 0 aromatic carbocycles. The highest BCUT2D eigenvalue weighted by Gasteiger charge is 2.44. The van der Waals surface area contributed by atoms with Crippen molar-refractivity contribution in [2.24, 2.45) is 0 Å². The van der Waals surface area contributed by atoms with E-state index < -0.39 is 7.22 Å². The number of hydrogen-bond acceptors (Lipinski definition) is 3. The molecule has 7 heteroatoms. The summed E-state index contributed by atoms with van der Waals surface area (Å²) in [5, 5.41) is 0. The summed E-state index contributed by atoms with van der Waals surface area (Å²) in [6.45, 7) is 4.80. The number of hydrogen-bond donors (Lipinski definition) is 1. The molecule has 3 nitrogen and oxygen atoms in total. The first-order valence-corrected chi connectivity index (χ1v) is 8.11. The Balaban J connectivity index is 4.13. The Morgan fingerprint density at radius 3 is 2.27 bits per heavy atom. The molecule has 0 saturated carbocycles. The van der Waals surface area contributed by atoms with Gasteiger partial charge in [0, 0.05) is 11.8 Å². The normalized spacial score (nSPS) is 15.3. The average molecular weight is 296 g/mol. The second-order valence-corrected chi connectivity index (χ2v) is 6.56. The maximum Gasteiger partial charge on any atom is 0.454 e. The van der Waals surface area contributed by atoms with Gasteiger partial charge in [-0.2, -0.15) is 9.42 Å². The lowest BCUT2D eigenvalue weighted by Gasteiger charge is -2.21. The molecule has 0 aliphatic rings. The van der Waals surface area contributed by atoms with E-state index in [9.17, 15) is 4.89 Å². The van der Waals surface area contributed by atoms with E-state index in [0.717, 1.165) is 0 Å². The minimum Gasteiger partial charge on any atom is -0.188 e. The topological polar surface area (TPSA) is 32.7 Å². The average Bonchev–Trinajstić information content (AvgIpc) is 2.18. The molecule has 90 valence electrons. The molecule has 1 atom stereocenters. The Morgan fingerprint density at radius 1 is 1.33 bits per heavy atom. The zero-order chi connectivity index (χ0) is 11.7. The summed E-state index contributed by atoms with van der Waals surface area (Å²) in [7, 11) is -3.03. The third kappa shape index (κ3) is 6.96. The maximum absolute atomic E-state index is 9.89. The van der Waals surface area contributed by atoms with Crippen molar-refractivity contribution >= 4 is 41.7 Å². The molecule has 0 spiro atoms. The lowest BCUT2D eigenvalue weighted by atomic mass is 10.5. The Hall–Kier alpha value is 0.920. The van der Waals surface area contributed by atoms with E-state index in [2.05, 4.69) is 6.58 Å². The van der Waals surface area contributed by atoms with Gasteiger partial charge >= 0.3 is 7.22 Å². The molecule has 0 aliphatic heterocycles. The molecule has 0 saturated heterocycles. The van der Waals surface area contributed by atoms with Crippen molar-refractivity contribution in [3.8, 4) is 0 Å². The van der Waals surface area contributed by atoms with E-state index in [4.69, 9.17) is 39.0 Å². The summed E-state index contributed by atoms with van der Waals surface area (Å²) in [5.74, 6) is 0.744. The van der Waals surface area contributed by atoms with Crippen molar-refractivity contribution in [2.45, 2.75) is 6.42 Å². The standard InChI is InChI=1S/C8H16Cl3NO2P/c1-2-3-8-14-15(11,13)12(6-4-9)7-5-10/h2,13H,1,3-8H2/q+1. The van der Waals surface area contributed by atoms with Crippen LogP contribution < -0.4 is 0 Å². The van der Waals surface area contributed by atoms with Gasteiger partial charge in [0.15, 0.2) is 11.2 Å². The number of rotatable bonds is 9. The van der Waals surface area contributed by atoms with Crippen LogP contribution in [0.15, 0.2) is 12.7 Å². The van der Waals surface area contributed by atoms with Crippen molar-refractivity contribution in [3.05, 3.63) is 12.7 Å². The zero-order valence-electron chi connectivity index (χ0n) is 8.41. The highest BCUT2D eigenvalue weighted by molar-refractivity contribution is 7.88. The van der Waals surface area contributed by atoms with Gasteiger partial charge in [0.1, 0.15) is 6.61 Å². The molecule has 0 aliphatic carbocycles. The quantitative estimate of drug-likeness (QED) is 0.307.